The fraction of sp³-hybridized carbons (Fsp3) is 0.353. The van der Waals surface area contributed by atoms with Crippen LogP contribution in [0.4, 0.5) is 0 Å². The van der Waals surface area contributed by atoms with Crippen molar-refractivity contribution in [2.24, 2.45) is 0 Å². The van der Waals surface area contributed by atoms with Crippen LogP contribution >= 0.6 is 11.6 Å². The highest BCUT2D eigenvalue weighted by Crippen LogP contribution is 2.33. The Morgan fingerprint density at radius 3 is 2.43 bits per heavy atom. The van der Waals surface area contributed by atoms with Gasteiger partial charge in [0.05, 0.1) is 0 Å². The molecule has 21 heavy (non-hydrogen) atoms. The highest BCUT2D eigenvalue weighted by Gasteiger charge is 2.11. The largest absolute Gasteiger partial charge is 0.456 e. The second kappa shape index (κ2) is 6.92. The highest BCUT2D eigenvalue weighted by atomic mass is 35.5. The summed E-state index contributed by atoms with van der Waals surface area (Å²) in [7, 11) is 0. The van der Waals surface area contributed by atoms with E-state index in [-0.39, 0.29) is 0 Å². The molecule has 0 atom stereocenters. The number of halogens is 1. The van der Waals surface area contributed by atoms with Gasteiger partial charge in [-0.3, -0.25) is 4.98 Å². The van der Waals surface area contributed by atoms with E-state index in [1.807, 2.05) is 45.2 Å². The molecule has 1 aromatic carbocycles. The molecule has 0 spiro atoms. The van der Waals surface area contributed by atoms with Crippen molar-refractivity contribution < 1.29 is 4.74 Å². The van der Waals surface area contributed by atoms with E-state index in [1.165, 1.54) is 0 Å². The Hall–Kier alpha value is -1.58. The van der Waals surface area contributed by atoms with Crippen LogP contribution in [-0.2, 0) is 6.54 Å². The lowest BCUT2D eigenvalue weighted by Crippen LogP contribution is -2.13. The summed E-state index contributed by atoms with van der Waals surface area (Å²) < 4.78 is 6.17. The number of aromatic nitrogens is 1. The van der Waals surface area contributed by atoms with Crippen molar-refractivity contribution in [3.05, 3.63) is 51.8 Å². The Labute approximate surface area is 131 Å². The van der Waals surface area contributed by atoms with E-state index in [9.17, 15) is 0 Å². The van der Waals surface area contributed by atoms with Crippen LogP contribution in [-0.4, -0.2) is 11.5 Å². The lowest BCUT2D eigenvalue weighted by atomic mass is 10.1. The molecule has 2 aromatic rings. The van der Waals surface area contributed by atoms with Crippen molar-refractivity contribution in [3.8, 4) is 11.5 Å². The van der Waals surface area contributed by atoms with Crippen LogP contribution < -0.4 is 10.1 Å². The smallest absolute Gasteiger partial charge is 0.135 e. The third-order valence-corrected chi connectivity index (χ3v) is 3.50. The summed E-state index contributed by atoms with van der Waals surface area (Å²) in [6, 6.07) is 5.81. The minimum absolute atomic E-state index is 0.733. The molecule has 112 valence electrons. The number of ether oxygens (including phenoxy) is 1. The van der Waals surface area contributed by atoms with Crippen LogP contribution in [0.3, 0.4) is 0 Å². The number of nitrogens with zero attached hydrogens (tertiary/aromatic N) is 1. The molecule has 0 saturated carbocycles. The van der Waals surface area contributed by atoms with Gasteiger partial charge in [-0.2, -0.15) is 0 Å². The Morgan fingerprint density at radius 1 is 1.14 bits per heavy atom. The third-order valence-electron chi connectivity index (χ3n) is 3.28. The molecule has 0 amide bonds. The molecule has 1 aromatic heterocycles. The van der Waals surface area contributed by atoms with Gasteiger partial charge >= 0.3 is 0 Å². The lowest BCUT2D eigenvalue weighted by molar-refractivity contribution is 0.464. The number of nitrogens with one attached hydrogen (secondary N) is 1. The number of aryl methyl sites for hydroxylation is 3. The van der Waals surface area contributed by atoms with Gasteiger partial charge in [0.1, 0.15) is 11.5 Å². The molecule has 0 fully saturated rings. The molecule has 1 N–H and O–H groups in total. The standard InChI is InChI=1S/C17H21ClN2O/c1-5-19-9-14-10-20-13(4)8-16(14)21-17-11(2)6-15(18)7-12(17)3/h6-8,10,19H,5,9H2,1-4H3. The van der Waals surface area contributed by atoms with E-state index in [0.717, 1.165) is 52.0 Å². The normalized spacial score (nSPS) is 10.7. The van der Waals surface area contributed by atoms with Crippen molar-refractivity contribution in [1.82, 2.24) is 10.3 Å². The first-order chi connectivity index (χ1) is 10.0. The first-order valence-corrected chi connectivity index (χ1v) is 7.50. The van der Waals surface area contributed by atoms with Crippen LogP contribution in [0.1, 0.15) is 29.3 Å². The lowest BCUT2D eigenvalue weighted by Gasteiger charge is -2.16. The van der Waals surface area contributed by atoms with Gasteiger partial charge in [0.25, 0.3) is 0 Å². The van der Waals surface area contributed by atoms with Crippen molar-refractivity contribution in [3.63, 3.8) is 0 Å². The average molecular weight is 305 g/mol. The molecule has 0 aliphatic carbocycles. The van der Waals surface area contributed by atoms with Gasteiger partial charge in [0.2, 0.25) is 0 Å². The summed E-state index contributed by atoms with van der Waals surface area (Å²) in [5.74, 6) is 1.71. The van der Waals surface area contributed by atoms with E-state index in [4.69, 9.17) is 16.3 Å². The van der Waals surface area contributed by atoms with Gasteiger partial charge in [-0.15, -0.1) is 0 Å². The monoisotopic (exact) mass is 304 g/mol. The summed E-state index contributed by atoms with van der Waals surface area (Å²) in [5.41, 5.74) is 4.05. The van der Waals surface area contributed by atoms with Gasteiger partial charge < -0.3 is 10.1 Å². The molecule has 1 heterocycles. The Bertz CT molecular complexity index is 618. The van der Waals surface area contributed by atoms with Crippen LogP contribution in [0.15, 0.2) is 24.4 Å². The first kappa shape index (κ1) is 15.8. The Balaban J connectivity index is 2.36. The molecule has 0 aliphatic rings. The predicted octanol–water partition coefficient (Wildman–Crippen LogP) is 4.56. The van der Waals surface area contributed by atoms with Crippen molar-refractivity contribution >= 4 is 11.6 Å². The minimum Gasteiger partial charge on any atom is -0.456 e. The van der Waals surface area contributed by atoms with Crippen LogP contribution in [0.5, 0.6) is 11.5 Å². The van der Waals surface area contributed by atoms with Crippen LogP contribution in [0.25, 0.3) is 0 Å². The quantitative estimate of drug-likeness (QED) is 0.879. The minimum atomic E-state index is 0.733. The van der Waals surface area contributed by atoms with Crippen LogP contribution in [0, 0.1) is 20.8 Å². The fourth-order valence-electron chi connectivity index (χ4n) is 2.22. The summed E-state index contributed by atoms with van der Waals surface area (Å²) in [6.45, 7) is 9.71. The third kappa shape index (κ3) is 3.96. The van der Waals surface area contributed by atoms with E-state index < -0.39 is 0 Å². The van der Waals surface area contributed by atoms with E-state index >= 15 is 0 Å². The topological polar surface area (TPSA) is 34.2 Å². The molecule has 0 bridgehead atoms. The summed E-state index contributed by atoms with van der Waals surface area (Å²) >= 11 is 6.07. The molecule has 0 aliphatic heterocycles. The van der Waals surface area contributed by atoms with Crippen molar-refractivity contribution in [2.45, 2.75) is 34.2 Å². The molecule has 4 heteroatoms. The zero-order valence-corrected chi connectivity index (χ0v) is 13.7. The average Bonchev–Trinajstić information content (AvgIpc) is 2.42. The number of benzene rings is 1. The second-order valence-electron chi connectivity index (χ2n) is 5.18. The molecular weight excluding hydrogens is 284 g/mol. The fourth-order valence-corrected chi connectivity index (χ4v) is 2.55. The number of hydrogen-bond acceptors (Lipinski definition) is 3. The summed E-state index contributed by atoms with van der Waals surface area (Å²) in [5, 5.41) is 4.04. The maximum atomic E-state index is 6.17. The molecule has 3 nitrogen and oxygen atoms in total. The molecular formula is C17H21ClN2O. The maximum Gasteiger partial charge on any atom is 0.135 e. The van der Waals surface area contributed by atoms with Gasteiger partial charge in [-0.05, 0) is 50.6 Å². The van der Waals surface area contributed by atoms with E-state index in [2.05, 4.69) is 17.2 Å². The first-order valence-electron chi connectivity index (χ1n) is 7.12. The second-order valence-corrected chi connectivity index (χ2v) is 5.62. The van der Waals surface area contributed by atoms with E-state index in [1.54, 1.807) is 0 Å². The zero-order valence-electron chi connectivity index (χ0n) is 13.0. The van der Waals surface area contributed by atoms with Crippen molar-refractivity contribution in [2.75, 3.05) is 6.54 Å². The predicted molar refractivity (Wildman–Crippen MR) is 87.4 cm³/mol. The van der Waals surface area contributed by atoms with Gasteiger partial charge in [0.15, 0.2) is 0 Å². The molecule has 2 rings (SSSR count). The summed E-state index contributed by atoms with van der Waals surface area (Å²) in [4.78, 5) is 4.35. The van der Waals surface area contributed by atoms with Crippen LogP contribution in [0.2, 0.25) is 5.02 Å². The highest BCUT2D eigenvalue weighted by molar-refractivity contribution is 6.30. The van der Waals surface area contributed by atoms with Gasteiger partial charge in [-0.25, -0.2) is 0 Å². The summed E-state index contributed by atoms with van der Waals surface area (Å²) in [6.07, 6.45) is 1.87. The molecule has 0 radical (unpaired) electrons. The zero-order chi connectivity index (χ0) is 15.4. The van der Waals surface area contributed by atoms with Gasteiger partial charge in [-0.1, -0.05) is 18.5 Å². The Kier molecular flexibility index (Phi) is 5.21. The Morgan fingerprint density at radius 2 is 1.81 bits per heavy atom. The number of pyridine rings is 1. The number of hydrogen-bond donors (Lipinski definition) is 1. The maximum absolute atomic E-state index is 6.17. The van der Waals surface area contributed by atoms with Gasteiger partial charge in [0, 0.05) is 35.1 Å². The van der Waals surface area contributed by atoms with Crippen molar-refractivity contribution in [1.29, 1.82) is 0 Å². The molecule has 0 unspecified atom stereocenters. The SMILES string of the molecule is CCNCc1cnc(C)cc1Oc1c(C)cc(Cl)cc1C. The molecule has 0 saturated heterocycles. The number of rotatable bonds is 5. The van der Waals surface area contributed by atoms with E-state index in [0.29, 0.717) is 0 Å².